The molecule has 0 bridgehead atoms. The summed E-state index contributed by atoms with van der Waals surface area (Å²) in [7, 11) is 0. The first-order valence-corrected chi connectivity index (χ1v) is 16.6. The molecule has 6 nitrogen and oxygen atoms in total. The lowest BCUT2D eigenvalue weighted by Gasteiger charge is -2.21. The second kappa shape index (κ2) is 16.3. The number of carboxylic acids is 1. The lowest BCUT2D eigenvalue weighted by Crippen LogP contribution is -2.26. The fourth-order valence-electron chi connectivity index (χ4n) is 5.55. The van der Waals surface area contributed by atoms with Crippen molar-refractivity contribution in [2.45, 2.75) is 85.0 Å². The number of hydrogen-bond donors (Lipinski definition) is 1. The van der Waals surface area contributed by atoms with Crippen molar-refractivity contribution < 1.29 is 19.4 Å². The number of benzene rings is 3. The predicted molar refractivity (Wildman–Crippen MR) is 185 cm³/mol. The molecule has 1 N–H and O–H groups in total. The maximum atomic E-state index is 13.0. The van der Waals surface area contributed by atoms with Crippen LogP contribution < -0.4 is 4.74 Å². The molecule has 1 unspecified atom stereocenters. The lowest BCUT2D eigenvalue weighted by molar-refractivity contribution is -0.143. The van der Waals surface area contributed by atoms with Crippen molar-refractivity contribution in [1.29, 1.82) is 0 Å². The van der Waals surface area contributed by atoms with E-state index in [0.717, 1.165) is 52.4 Å². The van der Waals surface area contributed by atoms with E-state index in [9.17, 15) is 14.7 Å². The molecule has 0 amide bonds. The molecule has 4 aromatic rings. The molecule has 0 aliphatic carbocycles. The first kappa shape index (κ1) is 34.6. The fraction of sp³-hybridized carbons (Fsp3) is 0.400. The molecule has 4 rings (SSSR count). The van der Waals surface area contributed by atoms with Crippen LogP contribution in [0.3, 0.4) is 0 Å². The van der Waals surface area contributed by atoms with Crippen LogP contribution in [0.25, 0.3) is 22.5 Å². The van der Waals surface area contributed by atoms with Crippen LogP contribution in [-0.4, -0.2) is 33.4 Å². The van der Waals surface area contributed by atoms with Crippen molar-refractivity contribution in [3.05, 3.63) is 102 Å². The first-order chi connectivity index (χ1) is 22.0. The molecular formula is C40H48N2O4. The summed E-state index contributed by atoms with van der Waals surface area (Å²) in [4.78, 5) is 34.5. The van der Waals surface area contributed by atoms with Gasteiger partial charge in [0.05, 0.1) is 36.3 Å². The van der Waals surface area contributed by atoms with Crippen molar-refractivity contribution in [3.63, 3.8) is 0 Å². The van der Waals surface area contributed by atoms with E-state index < -0.39 is 11.9 Å². The maximum absolute atomic E-state index is 13.0. The van der Waals surface area contributed by atoms with Crippen LogP contribution in [0.15, 0.2) is 85.2 Å². The van der Waals surface area contributed by atoms with Gasteiger partial charge in [-0.3, -0.25) is 19.6 Å². The molecule has 1 aromatic heterocycles. The number of ether oxygens (including phenoxy) is 1. The van der Waals surface area contributed by atoms with Crippen LogP contribution in [0, 0.1) is 11.8 Å². The summed E-state index contributed by atoms with van der Waals surface area (Å²) >= 11 is 0. The van der Waals surface area contributed by atoms with Gasteiger partial charge < -0.3 is 9.84 Å². The van der Waals surface area contributed by atoms with Gasteiger partial charge in [-0.05, 0) is 59.6 Å². The Hall–Kier alpha value is -4.32. The normalized spacial score (nSPS) is 12.8. The minimum absolute atomic E-state index is 0.00436. The van der Waals surface area contributed by atoms with Crippen molar-refractivity contribution in [1.82, 2.24) is 9.97 Å². The molecule has 0 fully saturated rings. The van der Waals surface area contributed by atoms with E-state index in [4.69, 9.17) is 4.74 Å². The second-order valence-corrected chi connectivity index (χ2v) is 13.4. The fourth-order valence-corrected chi connectivity index (χ4v) is 5.55. The van der Waals surface area contributed by atoms with Crippen LogP contribution in [0.4, 0.5) is 0 Å². The number of nitrogens with zero attached hydrogens (tertiary/aromatic N) is 2. The molecule has 242 valence electrons. The molecule has 1 heterocycles. The van der Waals surface area contributed by atoms with E-state index in [1.54, 1.807) is 12.4 Å². The summed E-state index contributed by atoms with van der Waals surface area (Å²) in [5.74, 6) is -1.06. The van der Waals surface area contributed by atoms with Crippen LogP contribution in [0.5, 0.6) is 5.75 Å². The van der Waals surface area contributed by atoms with Crippen molar-refractivity contribution in [2.75, 3.05) is 6.61 Å². The SMILES string of the molecule is CCCCCCCOc1ccc(-c2cnc(-c3ccc(C[C@@H](C(=O)O)C(C)CC(=O)c4ccc(C(C)(C)C)cc4)cc3)cn2)cc1. The standard InChI is InChI=1S/C40H48N2O4/c1-6-7-8-9-10-23-46-34-21-17-31(18-22-34)37-27-41-36(26-42-37)30-13-11-29(12-14-30)25-35(39(44)45)28(2)24-38(43)32-15-19-33(20-16-32)40(3,4)5/h11-22,26-28,35H,6-10,23-25H2,1-5H3,(H,44,45)/t28?,35-/m1/s1. The quantitative estimate of drug-likeness (QED) is 0.0991. The molecule has 6 heteroatoms. The van der Waals surface area contributed by atoms with Crippen molar-refractivity contribution >= 4 is 11.8 Å². The van der Waals surface area contributed by atoms with E-state index in [0.29, 0.717) is 12.0 Å². The number of carbonyl (C=O) groups is 2. The predicted octanol–water partition coefficient (Wildman–Crippen LogP) is 9.61. The Bertz CT molecular complexity index is 1540. The molecule has 0 spiro atoms. The van der Waals surface area contributed by atoms with Gasteiger partial charge in [0.25, 0.3) is 0 Å². The van der Waals surface area contributed by atoms with Crippen LogP contribution in [0.2, 0.25) is 0 Å². The average Bonchev–Trinajstić information content (AvgIpc) is 3.05. The number of aromatic nitrogens is 2. The van der Waals surface area contributed by atoms with Gasteiger partial charge in [0.1, 0.15) is 5.75 Å². The molecule has 3 aromatic carbocycles. The maximum Gasteiger partial charge on any atom is 0.307 e. The van der Waals surface area contributed by atoms with Gasteiger partial charge >= 0.3 is 5.97 Å². The summed E-state index contributed by atoms with van der Waals surface area (Å²) in [6, 6.07) is 23.4. The zero-order valence-corrected chi connectivity index (χ0v) is 28.0. The number of carboxylic acid groups (broad SMARTS) is 1. The van der Waals surface area contributed by atoms with Crippen LogP contribution in [0.1, 0.15) is 94.6 Å². The molecule has 0 radical (unpaired) electrons. The van der Waals surface area contributed by atoms with Gasteiger partial charge in [0.15, 0.2) is 5.78 Å². The summed E-state index contributed by atoms with van der Waals surface area (Å²) in [6.07, 6.45) is 10.1. The van der Waals surface area contributed by atoms with Crippen molar-refractivity contribution in [2.24, 2.45) is 11.8 Å². The Labute approximate surface area is 274 Å². The number of Topliss-reactive ketones (excluding diaryl/α,β-unsaturated/α-hetero) is 1. The van der Waals surface area contributed by atoms with Gasteiger partial charge in [-0.2, -0.15) is 0 Å². The van der Waals surface area contributed by atoms with Crippen LogP contribution >= 0.6 is 0 Å². The number of aliphatic carboxylic acids is 1. The van der Waals surface area contributed by atoms with Crippen LogP contribution in [-0.2, 0) is 16.6 Å². The summed E-state index contributed by atoms with van der Waals surface area (Å²) < 4.78 is 5.88. The van der Waals surface area contributed by atoms with Gasteiger partial charge in [-0.1, -0.05) is 109 Å². The van der Waals surface area contributed by atoms with Gasteiger partial charge in [-0.25, -0.2) is 0 Å². The van der Waals surface area contributed by atoms with Gasteiger partial charge in [0, 0.05) is 23.1 Å². The number of hydrogen-bond acceptors (Lipinski definition) is 5. The molecule has 0 aliphatic heterocycles. The minimum atomic E-state index is -0.893. The van der Waals surface area contributed by atoms with E-state index in [1.165, 1.54) is 25.7 Å². The highest BCUT2D eigenvalue weighted by molar-refractivity contribution is 5.96. The number of unbranched alkanes of at least 4 members (excludes halogenated alkanes) is 4. The Kier molecular flexibility index (Phi) is 12.2. The second-order valence-electron chi connectivity index (χ2n) is 13.4. The van der Waals surface area contributed by atoms with E-state index >= 15 is 0 Å². The Morgan fingerprint density at radius 3 is 1.87 bits per heavy atom. The van der Waals surface area contributed by atoms with E-state index in [-0.39, 0.29) is 23.5 Å². The topological polar surface area (TPSA) is 89.4 Å². The highest BCUT2D eigenvalue weighted by Crippen LogP contribution is 2.27. The number of ketones is 1. The third-order valence-corrected chi connectivity index (χ3v) is 8.61. The number of rotatable bonds is 16. The minimum Gasteiger partial charge on any atom is -0.494 e. The van der Waals surface area contributed by atoms with E-state index in [1.807, 2.05) is 79.7 Å². The Morgan fingerprint density at radius 1 is 0.783 bits per heavy atom. The first-order valence-electron chi connectivity index (χ1n) is 16.6. The summed E-state index contributed by atoms with van der Waals surface area (Å²) in [6.45, 7) is 11.2. The zero-order chi connectivity index (χ0) is 33.1. The summed E-state index contributed by atoms with van der Waals surface area (Å²) in [5.41, 5.74) is 6.08. The highest BCUT2D eigenvalue weighted by Gasteiger charge is 2.27. The van der Waals surface area contributed by atoms with E-state index in [2.05, 4.69) is 37.7 Å². The monoisotopic (exact) mass is 620 g/mol. The third kappa shape index (κ3) is 9.84. The molecule has 46 heavy (non-hydrogen) atoms. The zero-order valence-electron chi connectivity index (χ0n) is 28.0. The summed E-state index contributed by atoms with van der Waals surface area (Å²) in [5, 5.41) is 10.0. The highest BCUT2D eigenvalue weighted by atomic mass is 16.5. The molecule has 0 saturated heterocycles. The smallest absolute Gasteiger partial charge is 0.307 e. The Morgan fingerprint density at radius 2 is 1.35 bits per heavy atom. The molecule has 0 saturated carbocycles. The molecule has 0 aliphatic rings. The van der Waals surface area contributed by atoms with Gasteiger partial charge in [-0.15, -0.1) is 0 Å². The average molecular weight is 621 g/mol. The van der Waals surface area contributed by atoms with Gasteiger partial charge in [0.2, 0.25) is 0 Å². The van der Waals surface area contributed by atoms with Crippen molar-refractivity contribution in [3.8, 4) is 28.3 Å². The largest absolute Gasteiger partial charge is 0.494 e. The molecular weight excluding hydrogens is 572 g/mol. The lowest BCUT2D eigenvalue weighted by atomic mass is 9.83. The number of carbonyl (C=O) groups excluding carboxylic acids is 1. The molecule has 2 atom stereocenters. The third-order valence-electron chi connectivity index (χ3n) is 8.61. The Balaban J connectivity index is 1.32.